The van der Waals surface area contributed by atoms with Gasteiger partial charge in [0.2, 0.25) is 0 Å². The van der Waals surface area contributed by atoms with Crippen molar-refractivity contribution in [3.63, 3.8) is 0 Å². The van der Waals surface area contributed by atoms with Gasteiger partial charge in [-0.2, -0.15) is 5.10 Å². The second kappa shape index (κ2) is 8.51. The Labute approximate surface area is 182 Å². The molecule has 0 spiro atoms. The Morgan fingerprint density at radius 3 is 2.68 bits per heavy atom. The van der Waals surface area contributed by atoms with E-state index in [2.05, 4.69) is 43.8 Å². The number of aliphatic hydroxyl groups excluding tert-OH is 1. The van der Waals surface area contributed by atoms with Crippen LogP contribution in [-0.2, 0) is 13.1 Å². The quantitative estimate of drug-likeness (QED) is 0.659. The Balaban J connectivity index is 1.26. The first kappa shape index (κ1) is 20.3. The van der Waals surface area contributed by atoms with E-state index in [1.165, 1.54) is 11.3 Å². The van der Waals surface area contributed by atoms with E-state index >= 15 is 0 Å². The number of aromatic nitrogens is 6. The normalized spacial score (nSPS) is 26.3. The van der Waals surface area contributed by atoms with Crippen LogP contribution in [-0.4, -0.2) is 59.0 Å². The molecule has 0 bridgehead atoms. The van der Waals surface area contributed by atoms with Crippen molar-refractivity contribution in [1.29, 1.82) is 0 Å². The zero-order valence-electron chi connectivity index (χ0n) is 18.3. The van der Waals surface area contributed by atoms with Crippen LogP contribution in [0.4, 0.5) is 0 Å². The van der Waals surface area contributed by atoms with Crippen molar-refractivity contribution in [2.75, 3.05) is 13.1 Å². The summed E-state index contributed by atoms with van der Waals surface area (Å²) in [5, 5.41) is 24.2. The Bertz CT molecular complexity index is 1010. The highest BCUT2D eigenvalue weighted by atomic mass is 16.3. The number of likely N-dealkylation sites (tertiary alicyclic amines) is 1. The van der Waals surface area contributed by atoms with Crippen molar-refractivity contribution in [3.8, 4) is 11.3 Å². The van der Waals surface area contributed by atoms with Gasteiger partial charge in [0.05, 0.1) is 24.5 Å². The van der Waals surface area contributed by atoms with Gasteiger partial charge in [-0.3, -0.25) is 14.6 Å². The zero-order valence-corrected chi connectivity index (χ0v) is 18.3. The van der Waals surface area contributed by atoms with Crippen LogP contribution in [0.5, 0.6) is 0 Å². The van der Waals surface area contributed by atoms with Crippen molar-refractivity contribution in [2.24, 2.45) is 11.8 Å². The lowest BCUT2D eigenvalue weighted by Crippen LogP contribution is -2.36. The summed E-state index contributed by atoms with van der Waals surface area (Å²) in [6.45, 7) is 8.39. The number of aliphatic hydroxyl groups is 1. The smallest absolute Gasteiger partial charge is 0.113 e. The van der Waals surface area contributed by atoms with Crippen molar-refractivity contribution >= 4 is 0 Å². The molecule has 5 rings (SSSR count). The molecule has 1 saturated carbocycles. The van der Waals surface area contributed by atoms with E-state index in [0.29, 0.717) is 11.8 Å². The third-order valence-corrected chi connectivity index (χ3v) is 7.05. The first-order valence-corrected chi connectivity index (χ1v) is 11.4. The number of nitrogens with zero attached hydrogens (tertiary/aromatic N) is 7. The molecule has 164 valence electrons. The lowest BCUT2D eigenvalue weighted by Gasteiger charge is -2.35. The number of rotatable bonds is 6. The first-order chi connectivity index (χ1) is 15.1. The summed E-state index contributed by atoms with van der Waals surface area (Å²) in [5.74, 6) is 1.12. The van der Waals surface area contributed by atoms with E-state index in [1.54, 1.807) is 12.4 Å². The molecule has 1 saturated heterocycles. The molecule has 1 aliphatic heterocycles. The second-order valence-electron chi connectivity index (χ2n) is 9.12. The van der Waals surface area contributed by atoms with E-state index in [1.807, 2.05) is 29.2 Å². The van der Waals surface area contributed by atoms with Crippen LogP contribution < -0.4 is 0 Å². The predicted octanol–water partition coefficient (Wildman–Crippen LogP) is 2.70. The summed E-state index contributed by atoms with van der Waals surface area (Å²) in [7, 11) is 0. The van der Waals surface area contributed by atoms with Gasteiger partial charge in [0, 0.05) is 55.4 Å². The lowest BCUT2D eigenvalue weighted by molar-refractivity contribution is 0.0298. The zero-order chi connectivity index (χ0) is 21.4. The van der Waals surface area contributed by atoms with Gasteiger partial charge in [-0.1, -0.05) is 12.1 Å². The molecule has 1 aliphatic carbocycles. The van der Waals surface area contributed by atoms with E-state index in [-0.39, 0.29) is 12.1 Å². The summed E-state index contributed by atoms with van der Waals surface area (Å²) < 4.78 is 3.99. The molecule has 0 amide bonds. The van der Waals surface area contributed by atoms with Gasteiger partial charge in [0.25, 0.3) is 0 Å². The molecular formula is C23H31N7O. The second-order valence-corrected chi connectivity index (χ2v) is 9.12. The topological polar surface area (TPSA) is 84.9 Å². The fourth-order valence-corrected chi connectivity index (χ4v) is 5.33. The first-order valence-electron chi connectivity index (χ1n) is 11.4. The minimum Gasteiger partial charge on any atom is -0.391 e. The van der Waals surface area contributed by atoms with E-state index in [9.17, 15) is 5.11 Å². The fraction of sp³-hybridized carbons (Fsp3) is 0.565. The Morgan fingerprint density at radius 2 is 1.90 bits per heavy atom. The summed E-state index contributed by atoms with van der Waals surface area (Å²) in [6, 6.07) is 3.85. The van der Waals surface area contributed by atoms with Crippen molar-refractivity contribution in [1.82, 2.24) is 34.7 Å². The third kappa shape index (κ3) is 4.02. The average Bonchev–Trinajstić information content (AvgIpc) is 3.49. The number of fused-ring (bicyclic) bond motifs is 1. The minimum absolute atomic E-state index is 0.0154. The van der Waals surface area contributed by atoms with Crippen LogP contribution in [0.15, 0.2) is 36.9 Å². The van der Waals surface area contributed by atoms with Crippen LogP contribution in [0.3, 0.4) is 0 Å². The van der Waals surface area contributed by atoms with Gasteiger partial charge in [-0.25, -0.2) is 4.68 Å². The molecule has 2 fully saturated rings. The Hall–Kier alpha value is -2.58. The van der Waals surface area contributed by atoms with Gasteiger partial charge in [-0.15, -0.1) is 5.10 Å². The third-order valence-electron chi connectivity index (χ3n) is 7.05. The van der Waals surface area contributed by atoms with E-state index < -0.39 is 0 Å². The highest BCUT2D eigenvalue weighted by Crippen LogP contribution is 2.41. The molecule has 4 atom stereocenters. The van der Waals surface area contributed by atoms with Gasteiger partial charge in [0.15, 0.2) is 0 Å². The maximum Gasteiger partial charge on any atom is 0.113 e. The molecule has 8 heteroatoms. The summed E-state index contributed by atoms with van der Waals surface area (Å²) >= 11 is 0. The number of hydrogen-bond donors (Lipinski definition) is 1. The maximum atomic E-state index is 10.9. The molecule has 0 aromatic carbocycles. The summed E-state index contributed by atoms with van der Waals surface area (Å²) in [6.07, 6.45) is 9.98. The molecule has 1 N–H and O–H groups in total. The predicted molar refractivity (Wildman–Crippen MR) is 117 cm³/mol. The SMILES string of the molecule is CCCn1ncc(CN2C[C@H]3C[C@@H](n4cc(-c5ccncc5)nn4)[C@H](O)C[C@H]3C2)c1C. The summed E-state index contributed by atoms with van der Waals surface area (Å²) in [5.41, 5.74) is 4.42. The molecule has 2 aliphatic rings. The van der Waals surface area contributed by atoms with Gasteiger partial charge < -0.3 is 5.11 Å². The van der Waals surface area contributed by atoms with Crippen LogP contribution in [0.1, 0.15) is 43.5 Å². The lowest BCUT2D eigenvalue weighted by atomic mass is 9.77. The highest BCUT2D eigenvalue weighted by Gasteiger charge is 2.42. The van der Waals surface area contributed by atoms with Crippen molar-refractivity contribution < 1.29 is 5.11 Å². The van der Waals surface area contributed by atoms with E-state index in [0.717, 1.165) is 56.7 Å². The van der Waals surface area contributed by atoms with E-state index in [4.69, 9.17) is 0 Å². The molecule has 3 aromatic heterocycles. The largest absolute Gasteiger partial charge is 0.391 e. The summed E-state index contributed by atoms with van der Waals surface area (Å²) in [4.78, 5) is 6.60. The van der Waals surface area contributed by atoms with Crippen LogP contribution in [0.25, 0.3) is 11.3 Å². The molecular weight excluding hydrogens is 390 g/mol. The van der Waals surface area contributed by atoms with Gasteiger partial charge >= 0.3 is 0 Å². The molecule has 0 unspecified atom stereocenters. The monoisotopic (exact) mass is 421 g/mol. The van der Waals surface area contributed by atoms with Crippen LogP contribution >= 0.6 is 0 Å². The highest BCUT2D eigenvalue weighted by molar-refractivity contribution is 5.56. The average molecular weight is 422 g/mol. The van der Waals surface area contributed by atoms with Gasteiger partial charge in [0.1, 0.15) is 5.69 Å². The van der Waals surface area contributed by atoms with Crippen LogP contribution in [0.2, 0.25) is 0 Å². The number of pyridine rings is 1. The Morgan fingerprint density at radius 1 is 1.13 bits per heavy atom. The number of hydrogen-bond acceptors (Lipinski definition) is 6. The standard InChI is InChI=1S/C23H31N7O/c1-3-8-29-16(2)20(11-25-29)14-28-12-18-9-22(23(31)10-19(18)13-28)30-15-21(26-27-30)17-4-6-24-7-5-17/h4-7,11,15,18-19,22-23,31H,3,8-10,12-14H2,1-2H3/t18-,19+,22-,23-/m1/s1. The molecule has 8 nitrogen and oxygen atoms in total. The molecule has 0 radical (unpaired) electrons. The fourth-order valence-electron chi connectivity index (χ4n) is 5.33. The van der Waals surface area contributed by atoms with Crippen molar-refractivity contribution in [3.05, 3.63) is 48.2 Å². The number of aryl methyl sites for hydroxylation is 1. The van der Waals surface area contributed by atoms with Crippen molar-refractivity contribution in [2.45, 2.75) is 58.3 Å². The maximum absolute atomic E-state index is 10.9. The minimum atomic E-state index is -0.387. The molecule has 4 heterocycles. The van der Waals surface area contributed by atoms with Gasteiger partial charge in [-0.05, 0) is 50.2 Å². The van der Waals surface area contributed by atoms with Crippen LogP contribution in [0, 0.1) is 18.8 Å². The molecule has 3 aromatic rings. The Kier molecular flexibility index (Phi) is 5.58. The molecule has 31 heavy (non-hydrogen) atoms.